The zero-order valence-electron chi connectivity index (χ0n) is 15.9. The summed E-state index contributed by atoms with van der Waals surface area (Å²) < 4.78 is 30.1. The van der Waals surface area contributed by atoms with Crippen molar-refractivity contribution in [3.05, 3.63) is 23.7 Å². The van der Waals surface area contributed by atoms with Crippen LogP contribution in [0.4, 0.5) is 0 Å². The Kier molecular flexibility index (Phi) is 6.70. The van der Waals surface area contributed by atoms with Crippen molar-refractivity contribution in [2.24, 2.45) is 10.9 Å². The lowest BCUT2D eigenvalue weighted by Crippen LogP contribution is -2.47. The molecule has 148 valence electrons. The van der Waals surface area contributed by atoms with E-state index in [1.807, 2.05) is 13.0 Å². The lowest BCUT2D eigenvalue weighted by Gasteiger charge is -2.30. The Hall–Kier alpha value is -1.58. The van der Waals surface area contributed by atoms with Crippen LogP contribution in [0.2, 0.25) is 0 Å². The molecular weight excluding hydrogens is 356 g/mol. The third kappa shape index (κ3) is 5.72. The number of sulfonamides is 1. The van der Waals surface area contributed by atoms with Gasteiger partial charge in [-0.05, 0) is 44.7 Å². The average Bonchev–Trinajstić information content (AvgIpc) is 3.02. The van der Waals surface area contributed by atoms with E-state index < -0.39 is 15.6 Å². The Morgan fingerprint density at radius 3 is 2.54 bits per heavy atom. The Labute approximate surface area is 155 Å². The Bertz CT molecular complexity index is 719. The van der Waals surface area contributed by atoms with Gasteiger partial charge in [0.25, 0.3) is 0 Å². The van der Waals surface area contributed by atoms with Crippen LogP contribution in [0.15, 0.2) is 21.5 Å². The van der Waals surface area contributed by atoms with Gasteiger partial charge in [0, 0.05) is 26.7 Å². The van der Waals surface area contributed by atoms with Crippen LogP contribution in [-0.4, -0.2) is 63.3 Å². The lowest BCUT2D eigenvalue weighted by molar-refractivity contribution is 0.0377. The van der Waals surface area contributed by atoms with Gasteiger partial charge in [-0.25, -0.2) is 12.7 Å². The number of piperidine rings is 1. The summed E-state index contributed by atoms with van der Waals surface area (Å²) in [6.07, 6.45) is 2.89. The van der Waals surface area contributed by atoms with Gasteiger partial charge in [-0.3, -0.25) is 4.99 Å². The number of nitrogens with zero attached hydrogens (tertiary/aromatic N) is 2. The summed E-state index contributed by atoms with van der Waals surface area (Å²) in [5, 5.41) is 16.9. The fraction of sp³-hybridized carbons (Fsp3) is 0.706. The number of hydrogen-bond acceptors (Lipinski definition) is 5. The van der Waals surface area contributed by atoms with E-state index in [1.54, 1.807) is 20.0 Å². The molecule has 0 amide bonds. The van der Waals surface area contributed by atoms with Gasteiger partial charge < -0.3 is 20.2 Å². The lowest BCUT2D eigenvalue weighted by atomic mass is 9.98. The van der Waals surface area contributed by atoms with Crippen LogP contribution in [0.3, 0.4) is 0 Å². The highest BCUT2D eigenvalue weighted by atomic mass is 32.2. The zero-order chi connectivity index (χ0) is 19.4. The number of aliphatic hydroxyl groups is 1. The van der Waals surface area contributed by atoms with Crippen molar-refractivity contribution in [1.82, 2.24) is 14.9 Å². The molecular formula is C17H30N4O4S. The van der Waals surface area contributed by atoms with Crippen LogP contribution in [-0.2, 0) is 15.6 Å². The van der Waals surface area contributed by atoms with Crippen molar-refractivity contribution < 1.29 is 17.9 Å². The molecule has 2 rings (SSSR count). The molecule has 1 aliphatic rings. The molecule has 1 aromatic rings. The fourth-order valence-corrected chi connectivity index (χ4v) is 3.85. The third-order valence-electron chi connectivity index (χ3n) is 4.70. The van der Waals surface area contributed by atoms with Crippen molar-refractivity contribution >= 4 is 16.0 Å². The molecule has 1 atom stereocenters. The standard InChI is InChI=1S/C17H30N4O4S/c1-13-5-6-15(25-13)17(2,22)12-20-16(18-3)19-11-14-7-9-21(10-8-14)26(4,23)24/h5-6,14,22H,7-12H2,1-4H3,(H2,18,19,20). The molecule has 8 nitrogen and oxygen atoms in total. The van der Waals surface area contributed by atoms with Gasteiger partial charge in [-0.1, -0.05) is 0 Å². The van der Waals surface area contributed by atoms with Crippen LogP contribution < -0.4 is 10.6 Å². The second kappa shape index (κ2) is 8.41. The summed E-state index contributed by atoms with van der Waals surface area (Å²) >= 11 is 0. The second-order valence-electron chi connectivity index (χ2n) is 7.10. The van der Waals surface area contributed by atoms with Crippen LogP contribution >= 0.6 is 0 Å². The molecule has 1 aromatic heterocycles. The van der Waals surface area contributed by atoms with Crippen molar-refractivity contribution in [3.8, 4) is 0 Å². The number of rotatable bonds is 6. The van der Waals surface area contributed by atoms with E-state index in [2.05, 4.69) is 15.6 Å². The quantitative estimate of drug-likeness (QED) is 0.489. The molecule has 0 radical (unpaired) electrons. The Balaban J connectivity index is 1.78. The van der Waals surface area contributed by atoms with Gasteiger partial charge in [0.1, 0.15) is 17.1 Å². The molecule has 0 saturated carbocycles. The van der Waals surface area contributed by atoms with E-state index in [0.717, 1.165) is 18.6 Å². The number of hydrogen-bond donors (Lipinski definition) is 3. The van der Waals surface area contributed by atoms with Crippen LogP contribution in [0, 0.1) is 12.8 Å². The molecule has 2 heterocycles. The molecule has 0 bridgehead atoms. The number of aryl methyl sites for hydroxylation is 1. The minimum atomic E-state index is -3.09. The van der Waals surface area contributed by atoms with Gasteiger partial charge in [-0.15, -0.1) is 0 Å². The average molecular weight is 387 g/mol. The molecule has 1 unspecified atom stereocenters. The van der Waals surface area contributed by atoms with E-state index in [4.69, 9.17) is 4.42 Å². The summed E-state index contributed by atoms with van der Waals surface area (Å²) in [5.74, 6) is 2.24. The first kappa shape index (κ1) is 20.7. The van der Waals surface area contributed by atoms with Crippen molar-refractivity contribution in [1.29, 1.82) is 0 Å². The first-order valence-corrected chi connectivity index (χ1v) is 10.7. The number of guanidine groups is 1. The van der Waals surface area contributed by atoms with E-state index in [1.165, 1.54) is 10.6 Å². The van der Waals surface area contributed by atoms with E-state index in [0.29, 0.717) is 37.3 Å². The van der Waals surface area contributed by atoms with E-state index in [9.17, 15) is 13.5 Å². The molecule has 1 saturated heterocycles. The smallest absolute Gasteiger partial charge is 0.211 e. The topological polar surface area (TPSA) is 107 Å². The summed E-state index contributed by atoms with van der Waals surface area (Å²) in [6, 6.07) is 3.59. The molecule has 1 aliphatic heterocycles. The maximum absolute atomic E-state index is 11.6. The normalized spacial score (nSPS) is 20.0. The van der Waals surface area contributed by atoms with Crippen LogP contribution in [0.5, 0.6) is 0 Å². The fourth-order valence-electron chi connectivity index (χ4n) is 2.97. The summed E-state index contributed by atoms with van der Waals surface area (Å²) in [7, 11) is -1.42. The molecule has 0 aromatic carbocycles. The van der Waals surface area contributed by atoms with Crippen LogP contribution in [0.1, 0.15) is 31.3 Å². The predicted molar refractivity (Wildman–Crippen MR) is 102 cm³/mol. The van der Waals surface area contributed by atoms with Crippen molar-refractivity contribution in [3.63, 3.8) is 0 Å². The predicted octanol–water partition coefficient (Wildman–Crippen LogP) is 0.632. The van der Waals surface area contributed by atoms with Crippen molar-refractivity contribution in [2.75, 3.05) is 39.5 Å². The number of nitrogens with one attached hydrogen (secondary N) is 2. The van der Waals surface area contributed by atoms with Crippen molar-refractivity contribution in [2.45, 2.75) is 32.3 Å². The largest absolute Gasteiger partial charge is 0.463 e. The second-order valence-corrected chi connectivity index (χ2v) is 9.08. The molecule has 3 N–H and O–H groups in total. The number of furan rings is 1. The van der Waals surface area contributed by atoms with Crippen LogP contribution in [0.25, 0.3) is 0 Å². The maximum atomic E-state index is 11.6. The summed E-state index contributed by atoms with van der Waals surface area (Å²) in [4.78, 5) is 4.18. The SMILES string of the molecule is CN=C(NCC1CCN(S(C)(=O)=O)CC1)NCC(C)(O)c1ccc(C)o1. The molecule has 26 heavy (non-hydrogen) atoms. The molecule has 1 fully saturated rings. The monoisotopic (exact) mass is 386 g/mol. The number of aliphatic imine (C=N–C) groups is 1. The highest BCUT2D eigenvalue weighted by Crippen LogP contribution is 2.22. The van der Waals surface area contributed by atoms with Gasteiger partial charge in [0.2, 0.25) is 10.0 Å². The Morgan fingerprint density at radius 1 is 1.38 bits per heavy atom. The third-order valence-corrected chi connectivity index (χ3v) is 6.00. The molecule has 9 heteroatoms. The first-order valence-electron chi connectivity index (χ1n) is 8.81. The van der Waals surface area contributed by atoms with Gasteiger partial charge in [-0.2, -0.15) is 0 Å². The highest BCUT2D eigenvalue weighted by Gasteiger charge is 2.28. The Morgan fingerprint density at radius 2 is 2.04 bits per heavy atom. The van der Waals surface area contributed by atoms with E-state index in [-0.39, 0.29) is 6.54 Å². The molecule has 0 aliphatic carbocycles. The highest BCUT2D eigenvalue weighted by molar-refractivity contribution is 7.88. The maximum Gasteiger partial charge on any atom is 0.211 e. The summed E-state index contributed by atoms with van der Waals surface area (Å²) in [5.41, 5.74) is -1.15. The van der Waals surface area contributed by atoms with E-state index >= 15 is 0 Å². The minimum Gasteiger partial charge on any atom is -0.463 e. The molecule has 0 spiro atoms. The van der Waals surface area contributed by atoms with Gasteiger partial charge in [0.05, 0.1) is 12.8 Å². The van der Waals surface area contributed by atoms with Gasteiger partial charge in [0.15, 0.2) is 5.96 Å². The first-order chi connectivity index (χ1) is 12.1. The minimum absolute atomic E-state index is 0.256. The summed E-state index contributed by atoms with van der Waals surface area (Å²) in [6.45, 7) is 5.61. The van der Waals surface area contributed by atoms with Gasteiger partial charge >= 0.3 is 0 Å². The zero-order valence-corrected chi connectivity index (χ0v) is 16.8.